The van der Waals surface area contributed by atoms with Crippen molar-refractivity contribution in [1.82, 2.24) is 4.90 Å². The second kappa shape index (κ2) is 7.53. The quantitative estimate of drug-likeness (QED) is 0.763. The zero-order valence-corrected chi connectivity index (χ0v) is 10.9. The van der Waals surface area contributed by atoms with Gasteiger partial charge in [0.1, 0.15) is 11.6 Å². The summed E-state index contributed by atoms with van der Waals surface area (Å²) in [6, 6.07) is 5.45. The molecule has 5 heteroatoms. The van der Waals surface area contributed by atoms with Gasteiger partial charge in [0.25, 0.3) is 5.91 Å². The van der Waals surface area contributed by atoms with Crippen molar-refractivity contribution >= 4 is 5.91 Å². The van der Waals surface area contributed by atoms with E-state index < -0.39 is 6.10 Å². The van der Waals surface area contributed by atoms with Crippen LogP contribution in [0.1, 0.15) is 6.92 Å². The molecule has 19 heavy (non-hydrogen) atoms. The average molecular weight is 267 g/mol. The van der Waals surface area contributed by atoms with Crippen LogP contribution in [0.5, 0.6) is 5.75 Å². The highest BCUT2D eigenvalue weighted by molar-refractivity contribution is 5.81. The van der Waals surface area contributed by atoms with Crippen molar-refractivity contribution < 1.29 is 19.0 Å². The van der Waals surface area contributed by atoms with Gasteiger partial charge in [-0.05, 0) is 31.2 Å². The number of nitrogens with zero attached hydrogens (tertiary/aromatic N) is 1. The topological polar surface area (TPSA) is 49.8 Å². The number of carbonyl (C=O) groups is 1. The molecule has 0 aromatic heterocycles. The number of amides is 1. The number of aliphatic hydroxyl groups is 1. The van der Waals surface area contributed by atoms with Gasteiger partial charge in [-0.3, -0.25) is 4.79 Å². The Hall–Kier alpha value is -1.88. The minimum Gasteiger partial charge on any atom is -0.481 e. The molecule has 0 aliphatic heterocycles. The second-order valence-electron chi connectivity index (χ2n) is 4.01. The van der Waals surface area contributed by atoms with Gasteiger partial charge in [-0.15, -0.1) is 6.58 Å². The third-order valence-corrected chi connectivity index (χ3v) is 2.51. The van der Waals surface area contributed by atoms with E-state index in [1.807, 2.05) is 0 Å². The highest BCUT2D eigenvalue weighted by Crippen LogP contribution is 2.14. The van der Waals surface area contributed by atoms with Crippen LogP contribution in [-0.2, 0) is 4.79 Å². The summed E-state index contributed by atoms with van der Waals surface area (Å²) in [4.78, 5) is 13.5. The number of hydrogen-bond acceptors (Lipinski definition) is 3. The lowest BCUT2D eigenvalue weighted by atomic mass is 10.3. The molecule has 1 N–H and O–H groups in total. The number of carbonyl (C=O) groups excluding carboxylic acids is 1. The van der Waals surface area contributed by atoms with Crippen molar-refractivity contribution in [3.8, 4) is 5.75 Å². The van der Waals surface area contributed by atoms with Crippen LogP contribution in [-0.4, -0.2) is 41.7 Å². The van der Waals surface area contributed by atoms with Crippen molar-refractivity contribution in [2.24, 2.45) is 0 Å². The van der Waals surface area contributed by atoms with Gasteiger partial charge in [-0.2, -0.15) is 0 Å². The molecule has 0 fully saturated rings. The third-order valence-electron chi connectivity index (χ3n) is 2.51. The third kappa shape index (κ3) is 4.71. The summed E-state index contributed by atoms with van der Waals surface area (Å²) >= 11 is 0. The zero-order valence-electron chi connectivity index (χ0n) is 10.9. The van der Waals surface area contributed by atoms with Crippen molar-refractivity contribution in [3.05, 3.63) is 42.7 Å². The minimum atomic E-state index is -0.711. The molecule has 104 valence electrons. The van der Waals surface area contributed by atoms with Crippen LogP contribution in [0.3, 0.4) is 0 Å². The average Bonchev–Trinajstić information content (AvgIpc) is 2.40. The van der Waals surface area contributed by atoms with E-state index in [1.165, 1.54) is 29.2 Å². The Bertz CT molecular complexity index is 419. The Morgan fingerprint density at radius 1 is 1.53 bits per heavy atom. The van der Waals surface area contributed by atoms with Gasteiger partial charge in [0.05, 0.1) is 6.61 Å². The van der Waals surface area contributed by atoms with Gasteiger partial charge in [0.2, 0.25) is 0 Å². The molecular formula is C14H18FNO3. The van der Waals surface area contributed by atoms with Crippen molar-refractivity contribution in [1.29, 1.82) is 0 Å². The fraction of sp³-hybridized carbons (Fsp3) is 0.357. The lowest BCUT2D eigenvalue weighted by Gasteiger charge is -2.24. The summed E-state index contributed by atoms with van der Waals surface area (Å²) < 4.78 is 18.2. The molecule has 1 rings (SSSR count). The molecule has 1 atom stereocenters. The van der Waals surface area contributed by atoms with E-state index in [0.29, 0.717) is 12.3 Å². The predicted molar refractivity (Wildman–Crippen MR) is 70.4 cm³/mol. The first-order chi connectivity index (χ1) is 9.08. The molecule has 0 spiro atoms. The van der Waals surface area contributed by atoms with E-state index in [9.17, 15) is 9.18 Å². The molecule has 0 saturated heterocycles. The second-order valence-corrected chi connectivity index (χ2v) is 4.01. The summed E-state index contributed by atoms with van der Waals surface area (Å²) in [5.41, 5.74) is 0. The van der Waals surface area contributed by atoms with E-state index in [4.69, 9.17) is 9.84 Å². The molecule has 1 aromatic carbocycles. The number of halogens is 1. The number of hydrogen-bond donors (Lipinski definition) is 1. The van der Waals surface area contributed by atoms with Gasteiger partial charge in [-0.1, -0.05) is 6.08 Å². The van der Waals surface area contributed by atoms with Crippen LogP contribution >= 0.6 is 0 Å². The van der Waals surface area contributed by atoms with Crippen molar-refractivity contribution in [3.63, 3.8) is 0 Å². The summed E-state index contributed by atoms with van der Waals surface area (Å²) in [5.74, 6) is -0.192. The Kier molecular flexibility index (Phi) is 6.02. The van der Waals surface area contributed by atoms with E-state index in [1.54, 1.807) is 13.0 Å². The SMILES string of the molecule is C=CCN(CCO)C(=O)C(C)Oc1ccc(F)cc1. The first kappa shape index (κ1) is 15.2. The summed E-state index contributed by atoms with van der Waals surface area (Å²) in [6.07, 6.45) is 0.870. The number of benzene rings is 1. The molecule has 0 radical (unpaired) electrons. The lowest BCUT2D eigenvalue weighted by Crippen LogP contribution is -2.42. The Morgan fingerprint density at radius 2 is 2.16 bits per heavy atom. The maximum atomic E-state index is 12.7. The number of rotatable bonds is 7. The van der Waals surface area contributed by atoms with Gasteiger partial charge >= 0.3 is 0 Å². The first-order valence-corrected chi connectivity index (χ1v) is 6.01. The Balaban J connectivity index is 2.64. The smallest absolute Gasteiger partial charge is 0.263 e. The molecule has 0 saturated carbocycles. The van der Waals surface area contributed by atoms with Crippen LogP contribution in [0.4, 0.5) is 4.39 Å². The molecule has 0 aliphatic rings. The normalized spacial score (nSPS) is 11.7. The van der Waals surface area contributed by atoms with Crippen LogP contribution in [0.2, 0.25) is 0 Å². The fourth-order valence-corrected chi connectivity index (χ4v) is 1.59. The molecule has 0 aliphatic carbocycles. The maximum Gasteiger partial charge on any atom is 0.263 e. The molecule has 4 nitrogen and oxygen atoms in total. The first-order valence-electron chi connectivity index (χ1n) is 6.01. The van der Waals surface area contributed by atoms with Gasteiger partial charge in [0, 0.05) is 13.1 Å². The largest absolute Gasteiger partial charge is 0.481 e. The van der Waals surface area contributed by atoms with Crippen molar-refractivity contribution in [2.75, 3.05) is 19.7 Å². The van der Waals surface area contributed by atoms with Crippen molar-refractivity contribution in [2.45, 2.75) is 13.0 Å². The fourth-order valence-electron chi connectivity index (χ4n) is 1.59. The Morgan fingerprint density at radius 3 is 2.68 bits per heavy atom. The molecule has 1 unspecified atom stereocenters. The van der Waals surface area contributed by atoms with E-state index in [-0.39, 0.29) is 24.9 Å². The summed E-state index contributed by atoms with van der Waals surface area (Å²) in [7, 11) is 0. The van der Waals surface area contributed by atoms with Gasteiger partial charge < -0.3 is 14.7 Å². The molecular weight excluding hydrogens is 249 g/mol. The maximum absolute atomic E-state index is 12.7. The van der Waals surface area contributed by atoms with E-state index in [2.05, 4.69) is 6.58 Å². The van der Waals surface area contributed by atoms with Gasteiger partial charge in [0.15, 0.2) is 6.10 Å². The van der Waals surface area contributed by atoms with Crippen LogP contribution in [0, 0.1) is 5.82 Å². The van der Waals surface area contributed by atoms with Crippen LogP contribution in [0.25, 0.3) is 0 Å². The molecule has 1 amide bonds. The monoisotopic (exact) mass is 267 g/mol. The molecule has 1 aromatic rings. The Labute approximate surface area is 112 Å². The van der Waals surface area contributed by atoms with E-state index >= 15 is 0 Å². The van der Waals surface area contributed by atoms with Crippen LogP contribution < -0.4 is 4.74 Å². The number of aliphatic hydroxyl groups excluding tert-OH is 1. The minimum absolute atomic E-state index is 0.122. The molecule has 0 bridgehead atoms. The summed E-state index contributed by atoms with van der Waals surface area (Å²) in [6.45, 7) is 5.62. The van der Waals surface area contributed by atoms with Crippen LogP contribution in [0.15, 0.2) is 36.9 Å². The predicted octanol–water partition coefficient (Wildman–Crippen LogP) is 1.60. The molecule has 0 heterocycles. The zero-order chi connectivity index (χ0) is 14.3. The standard InChI is InChI=1S/C14H18FNO3/c1-3-8-16(9-10-17)14(18)11(2)19-13-6-4-12(15)5-7-13/h3-7,11,17H,1,8-10H2,2H3. The number of ether oxygens (including phenoxy) is 1. The highest BCUT2D eigenvalue weighted by atomic mass is 19.1. The lowest BCUT2D eigenvalue weighted by molar-refractivity contribution is -0.137. The van der Waals surface area contributed by atoms with Gasteiger partial charge in [-0.25, -0.2) is 4.39 Å². The summed E-state index contributed by atoms with van der Waals surface area (Å²) in [5, 5.41) is 8.90. The van der Waals surface area contributed by atoms with E-state index in [0.717, 1.165) is 0 Å². The highest BCUT2D eigenvalue weighted by Gasteiger charge is 2.20.